The Morgan fingerprint density at radius 1 is 0.419 bits per heavy atom. The molecule has 2 heterocycles. The van der Waals surface area contributed by atoms with Gasteiger partial charge in [-0.1, -0.05) is 188 Å². The molecule has 9 aromatic carbocycles. The van der Waals surface area contributed by atoms with Gasteiger partial charge in [-0.2, -0.15) is 0 Å². The van der Waals surface area contributed by atoms with Gasteiger partial charge < -0.3 is 14.6 Å². The van der Waals surface area contributed by atoms with Crippen LogP contribution in [0.5, 0.6) is 0 Å². The van der Waals surface area contributed by atoms with Crippen molar-refractivity contribution in [2.45, 2.75) is 12.3 Å². The molecule has 2 unspecified atom stereocenters. The summed E-state index contributed by atoms with van der Waals surface area (Å²) in [6.07, 6.45) is -0.521. The minimum absolute atomic E-state index is 0.204. The van der Waals surface area contributed by atoms with Gasteiger partial charge in [0.05, 0.1) is 16.6 Å². The first-order chi connectivity index (χ1) is 30.7. The van der Waals surface area contributed by atoms with Crippen molar-refractivity contribution >= 4 is 44.8 Å². The first-order valence-corrected chi connectivity index (χ1v) is 21.1. The highest BCUT2D eigenvalue weighted by Gasteiger charge is 2.29. The van der Waals surface area contributed by atoms with Gasteiger partial charge in [0.1, 0.15) is 29.3 Å². The Labute approximate surface area is 361 Å². The number of benzene rings is 9. The highest BCUT2D eigenvalue weighted by Crippen LogP contribution is 2.45. The summed E-state index contributed by atoms with van der Waals surface area (Å²) < 4.78 is 6.93. The quantitative estimate of drug-likeness (QED) is 0.153. The van der Waals surface area contributed by atoms with E-state index in [0.717, 1.165) is 72.7 Å². The monoisotopic (exact) mass is 798 g/mol. The van der Waals surface area contributed by atoms with E-state index in [1.54, 1.807) is 0 Å². The van der Waals surface area contributed by atoms with Gasteiger partial charge in [0.15, 0.2) is 0 Å². The van der Waals surface area contributed by atoms with E-state index in [1.165, 1.54) is 22.3 Å². The fourth-order valence-electron chi connectivity index (χ4n) is 8.65. The van der Waals surface area contributed by atoms with Crippen molar-refractivity contribution < 1.29 is 4.42 Å². The molecule has 0 bridgehead atoms. The van der Waals surface area contributed by atoms with Crippen molar-refractivity contribution in [2.24, 2.45) is 4.99 Å². The molecule has 62 heavy (non-hydrogen) atoms. The third kappa shape index (κ3) is 7.11. The van der Waals surface area contributed by atoms with Crippen molar-refractivity contribution in [2.75, 3.05) is 4.90 Å². The average molecular weight is 799 g/mol. The predicted octanol–water partition coefficient (Wildman–Crippen LogP) is 14.4. The molecular weight excluding hydrogens is 757 g/mol. The molecule has 2 atom stereocenters. The Balaban J connectivity index is 1.06. The van der Waals surface area contributed by atoms with Crippen molar-refractivity contribution in [3.8, 4) is 33.4 Å². The second kappa shape index (κ2) is 16.2. The summed E-state index contributed by atoms with van der Waals surface area (Å²) in [6.45, 7) is 0. The van der Waals surface area contributed by atoms with Gasteiger partial charge in [-0.15, -0.1) is 0 Å². The lowest BCUT2D eigenvalue weighted by molar-refractivity contribution is 0.409. The van der Waals surface area contributed by atoms with Gasteiger partial charge in [-0.25, -0.2) is 4.99 Å². The van der Waals surface area contributed by atoms with Crippen LogP contribution in [0.2, 0.25) is 0 Å². The van der Waals surface area contributed by atoms with Crippen LogP contribution in [0.25, 0.3) is 55.3 Å². The van der Waals surface area contributed by atoms with Crippen LogP contribution in [0, 0.1) is 0 Å². The Morgan fingerprint density at radius 2 is 0.887 bits per heavy atom. The van der Waals surface area contributed by atoms with Crippen LogP contribution >= 0.6 is 0 Å². The molecule has 11 rings (SSSR count). The number of rotatable bonds is 9. The van der Waals surface area contributed by atoms with Crippen LogP contribution in [0.15, 0.2) is 240 Å². The third-order valence-electron chi connectivity index (χ3n) is 11.8. The SMILES string of the molecule is c1ccc(-c2ccc(C3N=C(c4ccc(N(c5ccc(-c6ccccc6)cc5)c5ccc(-c6ccccc6)cc5)c5c4oc4ccccc45)NC(c4ccccc4)N3)cc2)cc1. The Hall–Kier alpha value is -7.99. The number of nitrogens with zero attached hydrogens (tertiary/aromatic N) is 2. The summed E-state index contributed by atoms with van der Waals surface area (Å²) in [5, 5.41) is 9.62. The zero-order valence-electron chi connectivity index (χ0n) is 33.9. The van der Waals surface area contributed by atoms with Crippen LogP contribution in [-0.4, -0.2) is 5.84 Å². The van der Waals surface area contributed by atoms with E-state index in [1.807, 2.05) is 18.2 Å². The molecule has 0 fully saturated rings. The molecule has 1 aliphatic heterocycles. The lowest BCUT2D eigenvalue weighted by Gasteiger charge is -2.32. The highest BCUT2D eigenvalue weighted by atomic mass is 16.3. The summed E-state index contributed by atoms with van der Waals surface area (Å²) in [7, 11) is 0. The predicted molar refractivity (Wildman–Crippen MR) is 256 cm³/mol. The molecule has 0 amide bonds. The van der Waals surface area contributed by atoms with E-state index >= 15 is 0 Å². The normalized spacial score (nSPS) is 14.9. The number of aliphatic imine (C=N–C) groups is 1. The molecule has 5 nitrogen and oxygen atoms in total. The van der Waals surface area contributed by atoms with E-state index in [-0.39, 0.29) is 12.3 Å². The summed E-state index contributed by atoms with van der Waals surface area (Å²) in [5.74, 6) is 0.760. The van der Waals surface area contributed by atoms with E-state index in [4.69, 9.17) is 9.41 Å². The number of hydrogen-bond acceptors (Lipinski definition) is 5. The van der Waals surface area contributed by atoms with Crippen molar-refractivity contribution in [3.05, 3.63) is 247 Å². The average Bonchev–Trinajstić information content (AvgIpc) is 3.76. The summed E-state index contributed by atoms with van der Waals surface area (Å²) in [5.41, 5.74) is 14.8. The van der Waals surface area contributed by atoms with Crippen LogP contribution in [0.1, 0.15) is 29.0 Å². The maximum absolute atomic E-state index is 6.93. The van der Waals surface area contributed by atoms with E-state index in [9.17, 15) is 0 Å². The van der Waals surface area contributed by atoms with Crippen molar-refractivity contribution in [3.63, 3.8) is 0 Å². The fourth-order valence-corrected chi connectivity index (χ4v) is 8.65. The number of hydrogen-bond donors (Lipinski definition) is 2. The van der Waals surface area contributed by atoms with Crippen LogP contribution in [-0.2, 0) is 0 Å². The minimum Gasteiger partial charge on any atom is -0.455 e. The van der Waals surface area contributed by atoms with Gasteiger partial charge in [-0.05, 0) is 87.0 Å². The highest BCUT2D eigenvalue weighted by molar-refractivity contribution is 6.20. The number of anilines is 3. The second-order valence-corrected chi connectivity index (χ2v) is 15.6. The minimum atomic E-state index is -0.317. The van der Waals surface area contributed by atoms with Crippen molar-refractivity contribution in [1.82, 2.24) is 10.6 Å². The lowest BCUT2D eigenvalue weighted by Crippen LogP contribution is -2.45. The largest absolute Gasteiger partial charge is 0.455 e. The fraction of sp³-hybridized carbons (Fsp3) is 0.0351. The first kappa shape index (κ1) is 37.0. The molecule has 2 N–H and O–H groups in total. The third-order valence-corrected chi connectivity index (χ3v) is 11.8. The first-order valence-electron chi connectivity index (χ1n) is 21.1. The molecule has 0 aliphatic carbocycles. The van der Waals surface area contributed by atoms with Crippen LogP contribution in [0.3, 0.4) is 0 Å². The Morgan fingerprint density at radius 3 is 1.44 bits per heavy atom. The van der Waals surface area contributed by atoms with Gasteiger partial charge in [0, 0.05) is 16.8 Å². The summed E-state index contributed by atoms with van der Waals surface area (Å²) in [6, 6.07) is 81.2. The van der Waals surface area contributed by atoms with Crippen LogP contribution < -0.4 is 15.5 Å². The second-order valence-electron chi connectivity index (χ2n) is 15.6. The molecule has 10 aromatic rings. The lowest BCUT2D eigenvalue weighted by atomic mass is 10.0. The molecular formula is C57H42N4O. The van der Waals surface area contributed by atoms with Crippen molar-refractivity contribution in [1.29, 1.82) is 0 Å². The molecule has 0 radical (unpaired) electrons. The number of para-hydroxylation sites is 1. The van der Waals surface area contributed by atoms with Gasteiger partial charge in [0.25, 0.3) is 0 Å². The van der Waals surface area contributed by atoms with Crippen LogP contribution in [0.4, 0.5) is 17.1 Å². The maximum Gasteiger partial charge on any atom is 0.148 e. The standard InChI is InChI=1S/C57H42N4O/c1-5-15-39(16-6-1)42-25-27-46(28-26-42)56-58-55(45-21-11-4-12-22-45)59-57(60-56)50-37-38-51(53-49-23-13-14-24-52(49)62-54(50)53)61(47-33-29-43(30-34-47)40-17-7-2-8-18-40)48-35-31-44(32-36-48)41-19-9-3-10-20-41/h1-38,55-56,58H,(H,59,60). The Kier molecular flexibility index (Phi) is 9.69. The zero-order chi connectivity index (χ0) is 41.2. The van der Waals surface area contributed by atoms with E-state index in [0.29, 0.717) is 0 Å². The molecule has 296 valence electrons. The summed E-state index contributed by atoms with van der Waals surface area (Å²) >= 11 is 0. The molecule has 1 aliphatic rings. The molecule has 0 saturated heterocycles. The summed E-state index contributed by atoms with van der Waals surface area (Å²) in [4.78, 5) is 7.76. The zero-order valence-corrected chi connectivity index (χ0v) is 33.9. The topological polar surface area (TPSA) is 52.8 Å². The molecule has 1 aromatic heterocycles. The van der Waals surface area contributed by atoms with Gasteiger partial charge in [0.2, 0.25) is 0 Å². The van der Waals surface area contributed by atoms with E-state index in [2.05, 4.69) is 228 Å². The Bertz CT molecular complexity index is 3060. The van der Waals surface area contributed by atoms with E-state index < -0.39 is 0 Å². The molecule has 0 saturated carbocycles. The number of furan rings is 1. The number of nitrogens with one attached hydrogen (secondary N) is 2. The van der Waals surface area contributed by atoms with Gasteiger partial charge in [-0.3, -0.25) is 5.32 Å². The molecule has 0 spiro atoms. The smallest absolute Gasteiger partial charge is 0.148 e. The maximum atomic E-state index is 6.93. The number of amidine groups is 1. The van der Waals surface area contributed by atoms with Gasteiger partial charge >= 0.3 is 0 Å². The number of fused-ring (bicyclic) bond motifs is 3. The molecule has 5 heteroatoms.